The molecule has 0 radical (unpaired) electrons. The molecule has 3 rings (SSSR count). The highest BCUT2D eigenvalue weighted by molar-refractivity contribution is 7.09. The molecule has 0 saturated heterocycles. The topological polar surface area (TPSA) is 42.4 Å². The Hall–Kier alpha value is -2.66. The van der Waals surface area contributed by atoms with Gasteiger partial charge in [0.15, 0.2) is 0 Å². The quantitative estimate of drug-likeness (QED) is 0.485. The van der Waals surface area contributed by atoms with Crippen molar-refractivity contribution >= 4 is 17.2 Å². The zero-order chi connectivity index (χ0) is 20.6. The van der Waals surface area contributed by atoms with E-state index in [9.17, 15) is 4.79 Å². The average molecular weight is 409 g/mol. The minimum atomic E-state index is 0.135. The van der Waals surface area contributed by atoms with Crippen molar-refractivity contribution in [3.05, 3.63) is 81.8 Å². The fourth-order valence-corrected chi connectivity index (χ4v) is 3.82. The van der Waals surface area contributed by atoms with Gasteiger partial charge in [0.2, 0.25) is 5.91 Å². The summed E-state index contributed by atoms with van der Waals surface area (Å²) < 4.78 is 5.90. The molecule has 4 nitrogen and oxygen atoms in total. The predicted octanol–water partition coefficient (Wildman–Crippen LogP) is 5.26. The summed E-state index contributed by atoms with van der Waals surface area (Å²) in [6, 6.07) is 17.9. The van der Waals surface area contributed by atoms with Gasteiger partial charge in [-0.25, -0.2) is 4.98 Å². The molecule has 5 heteroatoms. The lowest BCUT2D eigenvalue weighted by atomic mass is 10.1. The summed E-state index contributed by atoms with van der Waals surface area (Å²) in [5.74, 6) is 1.41. The van der Waals surface area contributed by atoms with Gasteiger partial charge in [-0.05, 0) is 30.0 Å². The van der Waals surface area contributed by atoms with E-state index in [4.69, 9.17) is 9.72 Å². The second-order valence-electron chi connectivity index (χ2n) is 7.62. The number of para-hydroxylation sites is 1. The lowest BCUT2D eigenvalue weighted by molar-refractivity contribution is -0.131. The van der Waals surface area contributed by atoms with Gasteiger partial charge < -0.3 is 9.64 Å². The molecule has 152 valence electrons. The van der Waals surface area contributed by atoms with Crippen molar-refractivity contribution in [3.63, 3.8) is 0 Å². The summed E-state index contributed by atoms with van der Waals surface area (Å²) in [6.45, 7) is 7.99. The molecule has 0 atom stereocenters. The summed E-state index contributed by atoms with van der Waals surface area (Å²) in [7, 11) is 0. The number of hydrogen-bond donors (Lipinski definition) is 0. The summed E-state index contributed by atoms with van der Waals surface area (Å²) in [4.78, 5) is 19.5. The number of amides is 1. The van der Waals surface area contributed by atoms with Crippen molar-refractivity contribution in [2.45, 2.75) is 40.3 Å². The molecule has 1 aromatic heterocycles. The second-order valence-corrected chi connectivity index (χ2v) is 8.56. The smallest absolute Gasteiger partial charge is 0.227 e. The molecule has 0 aliphatic rings. The molecule has 1 amide bonds. The van der Waals surface area contributed by atoms with Gasteiger partial charge >= 0.3 is 0 Å². The molecule has 0 bridgehead atoms. The van der Waals surface area contributed by atoms with Crippen LogP contribution < -0.4 is 4.74 Å². The van der Waals surface area contributed by atoms with E-state index >= 15 is 0 Å². The highest BCUT2D eigenvalue weighted by Crippen LogP contribution is 2.20. The molecule has 0 fully saturated rings. The average Bonchev–Trinajstić information content (AvgIpc) is 3.15. The van der Waals surface area contributed by atoms with E-state index in [2.05, 4.69) is 13.8 Å². The summed E-state index contributed by atoms with van der Waals surface area (Å²) in [5, 5.41) is 2.95. The van der Waals surface area contributed by atoms with E-state index in [1.54, 1.807) is 11.3 Å². The molecule has 29 heavy (non-hydrogen) atoms. The van der Waals surface area contributed by atoms with Crippen LogP contribution in [0.1, 0.15) is 35.7 Å². The van der Waals surface area contributed by atoms with Crippen molar-refractivity contribution in [3.8, 4) is 5.75 Å². The fourth-order valence-electron chi connectivity index (χ4n) is 3.12. The molecule has 1 heterocycles. The van der Waals surface area contributed by atoms with Crippen LogP contribution in [0, 0.1) is 12.8 Å². The van der Waals surface area contributed by atoms with E-state index in [0.29, 0.717) is 25.5 Å². The minimum Gasteiger partial charge on any atom is -0.486 e. The van der Waals surface area contributed by atoms with Crippen LogP contribution in [0.5, 0.6) is 5.75 Å². The second kappa shape index (κ2) is 10.2. The SMILES string of the molecule is Cc1ccccc1OCc1nc(CN(CC(C)C)C(=O)Cc2ccccc2)cs1. The number of benzene rings is 2. The summed E-state index contributed by atoms with van der Waals surface area (Å²) >= 11 is 1.58. The van der Waals surface area contributed by atoms with Crippen molar-refractivity contribution in [2.75, 3.05) is 6.54 Å². The number of aryl methyl sites for hydroxylation is 1. The standard InChI is InChI=1S/C24H28N2O2S/c1-18(2)14-26(24(27)13-20-10-5-4-6-11-20)15-21-17-29-23(25-21)16-28-22-12-8-7-9-19(22)3/h4-12,17-18H,13-16H2,1-3H3. The Morgan fingerprint density at radius 2 is 1.83 bits per heavy atom. The van der Waals surface area contributed by atoms with E-state index in [1.165, 1.54) is 0 Å². The Kier molecular flexibility index (Phi) is 7.42. The van der Waals surface area contributed by atoms with Crippen LogP contribution in [-0.4, -0.2) is 22.3 Å². The third-order valence-electron chi connectivity index (χ3n) is 4.53. The first-order chi connectivity index (χ1) is 14.0. The summed E-state index contributed by atoms with van der Waals surface area (Å²) in [5.41, 5.74) is 3.07. The maximum absolute atomic E-state index is 12.9. The monoisotopic (exact) mass is 408 g/mol. The molecule has 0 saturated carbocycles. The van der Waals surface area contributed by atoms with Gasteiger partial charge in [-0.1, -0.05) is 62.4 Å². The summed E-state index contributed by atoms with van der Waals surface area (Å²) in [6.07, 6.45) is 0.418. The van der Waals surface area contributed by atoms with Crippen LogP contribution in [0.15, 0.2) is 60.0 Å². The molecule has 2 aromatic carbocycles. The van der Waals surface area contributed by atoms with E-state index in [-0.39, 0.29) is 5.91 Å². The van der Waals surface area contributed by atoms with Crippen molar-refractivity contribution < 1.29 is 9.53 Å². The van der Waals surface area contributed by atoms with Gasteiger partial charge in [-0.3, -0.25) is 4.79 Å². The lowest BCUT2D eigenvalue weighted by Gasteiger charge is -2.24. The van der Waals surface area contributed by atoms with Crippen molar-refractivity contribution in [1.29, 1.82) is 0 Å². The minimum absolute atomic E-state index is 0.135. The van der Waals surface area contributed by atoms with Gasteiger partial charge in [0.1, 0.15) is 17.4 Å². The van der Waals surface area contributed by atoms with Crippen molar-refractivity contribution in [2.24, 2.45) is 5.92 Å². The number of aromatic nitrogens is 1. The fraction of sp³-hybridized carbons (Fsp3) is 0.333. The normalized spacial score (nSPS) is 10.9. The van der Waals surface area contributed by atoms with Crippen LogP contribution in [-0.2, 0) is 24.4 Å². The number of hydrogen-bond acceptors (Lipinski definition) is 4. The van der Waals surface area contributed by atoms with Crippen LogP contribution >= 0.6 is 11.3 Å². The van der Waals surface area contributed by atoms with Crippen LogP contribution in [0.3, 0.4) is 0 Å². The number of ether oxygens (including phenoxy) is 1. The Bertz CT molecular complexity index is 921. The number of thiazole rings is 1. The Morgan fingerprint density at radius 1 is 1.10 bits per heavy atom. The molecule has 0 aliphatic heterocycles. The number of rotatable bonds is 9. The van der Waals surface area contributed by atoms with E-state index in [1.807, 2.05) is 71.8 Å². The van der Waals surface area contributed by atoms with Gasteiger partial charge in [0.25, 0.3) is 0 Å². The number of carbonyl (C=O) groups is 1. The number of carbonyl (C=O) groups excluding carboxylic acids is 1. The van der Waals surface area contributed by atoms with Crippen LogP contribution in [0.4, 0.5) is 0 Å². The maximum Gasteiger partial charge on any atom is 0.227 e. The molecule has 0 unspecified atom stereocenters. The van der Waals surface area contributed by atoms with E-state index < -0.39 is 0 Å². The zero-order valence-electron chi connectivity index (χ0n) is 17.3. The highest BCUT2D eigenvalue weighted by Gasteiger charge is 2.17. The van der Waals surface area contributed by atoms with Crippen LogP contribution in [0.25, 0.3) is 0 Å². The Labute approximate surface area is 177 Å². The highest BCUT2D eigenvalue weighted by atomic mass is 32.1. The van der Waals surface area contributed by atoms with Gasteiger partial charge in [0.05, 0.1) is 18.7 Å². The molecule has 3 aromatic rings. The first-order valence-electron chi connectivity index (χ1n) is 9.94. The third kappa shape index (κ3) is 6.43. The van der Waals surface area contributed by atoms with Crippen LogP contribution in [0.2, 0.25) is 0 Å². The zero-order valence-corrected chi connectivity index (χ0v) is 18.1. The van der Waals surface area contributed by atoms with Gasteiger partial charge in [0, 0.05) is 11.9 Å². The number of nitrogens with zero attached hydrogens (tertiary/aromatic N) is 2. The third-order valence-corrected chi connectivity index (χ3v) is 5.40. The first kappa shape index (κ1) is 21.1. The van der Waals surface area contributed by atoms with E-state index in [0.717, 1.165) is 34.1 Å². The maximum atomic E-state index is 12.9. The first-order valence-corrected chi connectivity index (χ1v) is 10.8. The molecular formula is C24H28N2O2S. The van der Waals surface area contributed by atoms with Gasteiger partial charge in [-0.2, -0.15) is 0 Å². The largest absolute Gasteiger partial charge is 0.486 e. The molecule has 0 spiro atoms. The Morgan fingerprint density at radius 3 is 2.55 bits per heavy atom. The Balaban J connectivity index is 1.62. The lowest BCUT2D eigenvalue weighted by Crippen LogP contribution is -2.35. The van der Waals surface area contributed by atoms with Crippen molar-refractivity contribution in [1.82, 2.24) is 9.88 Å². The molecule has 0 N–H and O–H groups in total. The van der Waals surface area contributed by atoms with Gasteiger partial charge in [-0.15, -0.1) is 11.3 Å². The molecule has 0 aliphatic carbocycles. The molecular weight excluding hydrogens is 380 g/mol. The predicted molar refractivity (Wildman–Crippen MR) is 118 cm³/mol.